The van der Waals surface area contributed by atoms with Gasteiger partial charge in [-0.25, -0.2) is 4.79 Å². The molecule has 3 nitrogen and oxygen atoms in total. The van der Waals surface area contributed by atoms with Crippen molar-refractivity contribution in [2.75, 3.05) is 7.11 Å². The quantitative estimate of drug-likeness (QED) is 0.162. The predicted molar refractivity (Wildman–Crippen MR) is 112 cm³/mol. The summed E-state index contributed by atoms with van der Waals surface area (Å²) in [7, 11) is -0.476. The molecule has 26 heavy (non-hydrogen) atoms. The molecule has 0 aromatic carbocycles. The smallest absolute Gasteiger partial charge is 0.371 e. The van der Waals surface area contributed by atoms with E-state index in [4.69, 9.17) is 9.16 Å². The maximum absolute atomic E-state index is 12.4. The largest absolute Gasteiger partial charge is 0.539 e. The summed E-state index contributed by atoms with van der Waals surface area (Å²) in [6, 6.07) is 3.03. The minimum absolute atomic E-state index is 0.303. The van der Waals surface area contributed by atoms with Gasteiger partial charge in [0, 0.05) is 0 Å². The number of methoxy groups -OCH3 is 1. The van der Waals surface area contributed by atoms with E-state index in [9.17, 15) is 4.79 Å². The average Bonchev–Trinajstić information content (AvgIpc) is 2.64. The topological polar surface area (TPSA) is 35.5 Å². The fourth-order valence-corrected chi connectivity index (χ4v) is 6.68. The molecule has 1 saturated carbocycles. The summed E-state index contributed by atoms with van der Waals surface area (Å²) >= 11 is 0. The third kappa shape index (κ3) is 5.73. The van der Waals surface area contributed by atoms with Crippen molar-refractivity contribution in [1.82, 2.24) is 0 Å². The van der Waals surface area contributed by atoms with E-state index in [0.717, 1.165) is 31.0 Å². The van der Waals surface area contributed by atoms with Crippen molar-refractivity contribution < 1.29 is 14.0 Å². The Balaban J connectivity index is 3.08. The first-order chi connectivity index (χ1) is 12.2. The fourth-order valence-electron chi connectivity index (χ4n) is 4.13. The van der Waals surface area contributed by atoms with Crippen LogP contribution in [0.25, 0.3) is 0 Å². The highest BCUT2D eigenvalue weighted by Gasteiger charge is 2.37. The van der Waals surface area contributed by atoms with Crippen LogP contribution in [0.1, 0.15) is 60.8 Å². The molecule has 0 aliphatic heterocycles. The normalized spacial score (nSPS) is 24.9. The van der Waals surface area contributed by atoms with Gasteiger partial charge in [-0.15, -0.1) is 6.58 Å². The zero-order valence-electron chi connectivity index (χ0n) is 18.1. The van der Waals surface area contributed by atoms with Crippen LogP contribution in [0.2, 0.25) is 18.1 Å². The van der Waals surface area contributed by atoms with Gasteiger partial charge in [-0.1, -0.05) is 47.6 Å². The molecule has 4 heteroatoms. The van der Waals surface area contributed by atoms with Gasteiger partial charge in [0.05, 0.1) is 7.11 Å². The van der Waals surface area contributed by atoms with Crippen molar-refractivity contribution in [3.63, 3.8) is 0 Å². The molecule has 0 heterocycles. The van der Waals surface area contributed by atoms with Gasteiger partial charge in [0.15, 0.2) is 5.76 Å². The molecule has 0 N–H and O–H groups in total. The van der Waals surface area contributed by atoms with E-state index in [0.29, 0.717) is 28.9 Å². The Morgan fingerprint density at radius 1 is 1.12 bits per heavy atom. The molecule has 0 spiro atoms. The molecule has 150 valence electrons. The molecule has 0 radical (unpaired) electrons. The van der Waals surface area contributed by atoms with Gasteiger partial charge in [-0.3, -0.25) is 0 Å². The summed E-state index contributed by atoms with van der Waals surface area (Å²) < 4.78 is 11.5. The molecule has 1 rings (SSSR count). The third-order valence-corrected chi connectivity index (χ3v) is 11.0. The molecule has 3 atom stereocenters. The Hall–Kier alpha value is -1.03. The van der Waals surface area contributed by atoms with Gasteiger partial charge in [0.1, 0.15) is 0 Å². The molecule has 1 aliphatic rings. The van der Waals surface area contributed by atoms with Gasteiger partial charge in [0.2, 0.25) is 0 Å². The van der Waals surface area contributed by atoms with Crippen LogP contribution in [0.4, 0.5) is 0 Å². The average molecular weight is 381 g/mol. The number of allylic oxidation sites excluding steroid dienone is 2. The molecule has 0 aromatic rings. The van der Waals surface area contributed by atoms with E-state index in [1.807, 2.05) is 0 Å². The number of carbonyl (C=O) groups is 1. The van der Waals surface area contributed by atoms with Crippen molar-refractivity contribution in [2.45, 2.75) is 78.9 Å². The minimum Gasteiger partial charge on any atom is -0.539 e. The van der Waals surface area contributed by atoms with E-state index >= 15 is 0 Å². The highest BCUT2D eigenvalue weighted by Crippen LogP contribution is 2.44. The van der Waals surface area contributed by atoms with Crippen molar-refractivity contribution >= 4 is 14.3 Å². The van der Waals surface area contributed by atoms with Crippen molar-refractivity contribution in [1.29, 1.82) is 0 Å². The molecule has 1 aliphatic carbocycles. The summed E-state index contributed by atoms with van der Waals surface area (Å²) in [5, 5.41) is 0. The molecule has 0 bridgehead atoms. The van der Waals surface area contributed by atoms with Crippen LogP contribution in [0.15, 0.2) is 24.5 Å². The zero-order valence-corrected chi connectivity index (χ0v) is 19.1. The maximum Gasteiger partial charge on any atom is 0.371 e. The Morgan fingerprint density at radius 2 is 1.69 bits per heavy atom. The van der Waals surface area contributed by atoms with Crippen molar-refractivity contribution in [2.24, 2.45) is 23.2 Å². The van der Waals surface area contributed by atoms with E-state index in [1.54, 1.807) is 0 Å². The van der Waals surface area contributed by atoms with Crippen molar-refractivity contribution in [3.8, 4) is 0 Å². The van der Waals surface area contributed by atoms with Crippen LogP contribution in [0.5, 0.6) is 0 Å². The molecular formula is C22H40O3Si. The van der Waals surface area contributed by atoms with Crippen LogP contribution in [0.3, 0.4) is 0 Å². The fraction of sp³-hybridized carbons (Fsp3) is 0.773. The Kier molecular flexibility index (Phi) is 8.65. The number of esters is 1. The highest BCUT2D eigenvalue weighted by atomic mass is 28.4. The van der Waals surface area contributed by atoms with Crippen LogP contribution in [0, 0.1) is 23.2 Å². The molecule has 1 fully saturated rings. The first-order valence-electron chi connectivity index (χ1n) is 10.3. The lowest BCUT2D eigenvalue weighted by atomic mass is 9.65. The third-order valence-electron chi connectivity index (χ3n) is 6.49. The standard InChI is InChI=1S/C22H40O3Si/c1-9-17-15-19(22(5,6)7)14-13-18(17)16-20(21(23)24-8)25-26(10-2,11-3)12-4/h9,16-19H,1,10-15H2,2-8H3/t17-,18+,19-/m0/s1. The first-order valence-corrected chi connectivity index (χ1v) is 12.8. The summed E-state index contributed by atoms with van der Waals surface area (Å²) in [4.78, 5) is 12.4. The van der Waals surface area contributed by atoms with Crippen molar-refractivity contribution in [3.05, 3.63) is 24.5 Å². The minimum atomic E-state index is -1.91. The number of rotatable bonds is 8. The lowest BCUT2D eigenvalue weighted by Gasteiger charge is -2.40. The van der Waals surface area contributed by atoms with Gasteiger partial charge >= 0.3 is 5.97 Å². The number of hydrogen-bond acceptors (Lipinski definition) is 3. The molecule has 0 saturated heterocycles. The second kappa shape index (κ2) is 9.77. The molecule has 0 aromatic heterocycles. The zero-order chi connectivity index (χ0) is 20.0. The number of carbonyl (C=O) groups excluding carboxylic acids is 1. The molecular weight excluding hydrogens is 340 g/mol. The Morgan fingerprint density at radius 3 is 2.12 bits per heavy atom. The SMILES string of the molecule is C=C[C@H]1C[C@@H](C(C)(C)C)CC[C@@H]1C=C(O[Si](CC)(CC)CC)C(=O)OC. The van der Waals surface area contributed by atoms with E-state index < -0.39 is 8.32 Å². The van der Waals surface area contributed by atoms with Crippen LogP contribution in [-0.4, -0.2) is 21.4 Å². The second-order valence-corrected chi connectivity index (χ2v) is 13.5. The van der Waals surface area contributed by atoms with E-state index in [2.05, 4.69) is 60.3 Å². The summed E-state index contributed by atoms with van der Waals surface area (Å²) in [6.07, 6.45) is 7.50. The monoisotopic (exact) mass is 380 g/mol. The van der Waals surface area contributed by atoms with Gasteiger partial charge in [0.25, 0.3) is 8.32 Å². The summed E-state index contributed by atoms with van der Waals surface area (Å²) in [6.45, 7) is 17.6. The summed E-state index contributed by atoms with van der Waals surface area (Å²) in [5.74, 6) is 1.48. The number of hydrogen-bond donors (Lipinski definition) is 0. The first kappa shape index (κ1) is 23.0. The summed E-state index contributed by atoms with van der Waals surface area (Å²) in [5.41, 5.74) is 0.312. The molecule has 0 unspecified atom stereocenters. The second-order valence-electron chi connectivity index (χ2n) is 8.81. The number of ether oxygens (including phenoxy) is 1. The maximum atomic E-state index is 12.4. The van der Waals surface area contributed by atoms with Gasteiger partial charge in [-0.05, 0) is 66.6 Å². The van der Waals surface area contributed by atoms with Crippen LogP contribution < -0.4 is 0 Å². The van der Waals surface area contributed by atoms with Crippen LogP contribution in [-0.2, 0) is 14.0 Å². The van der Waals surface area contributed by atoms with E-state index in [1.165, 1.54) is 13.5 Å². The molecule has 0 amide bonds. The Bertz CT molecular complexity index is 492. The van der Waals surface area contributed by atoms with Gasteiger partial charge in [-0.2, -0.15) is 0 Å². The van der Waals surface area contributed by atoms with Crippen LogP contribution >= 0.6 is 0 Å². The highest BCUT2D eigenvalue weighted by molar-refractivity contribution is 6.74. The lowest BCUT2D eigenvalue weighted by molar-refractivity contribution is -0.138. The van der Waals surface area contributed by atoms with Gasteiger partial charge < -0.3 is 9.16 Å². The van der Waals surface area contributed by atoms with E-state index in [-0.39, 0.29) is 5.97 Å². The predicted octanol–water partition coefficient (Wildman–Crippen LogP) is 6.33. The lowest BCUT2D eigenvalue weighted by Crippen LogP contribution is -2.37. The Labute approximate surface area is 162 Å².